The molecule has 11 heteroatoms. The van der Waals surface area contributed by atoms with Crippen LogP contribution in [-0.4, -0.2) is 51.1 Å². The molecule has 2 heterocycles. The molecule has 0 aromatic carbocycles. The fourth-order valence-electron chi connectivity index (χ4n) is 2.36. The molecule has 1 unspecified atom stereocenters. The molecule has 0 N–H and O–H groups in total. The Balaban J connectivity index is 2.50. The average molecular weight is 358 g/mol. The lowest BCUT2D eigenvalue weighted by Gasteiger charge is -2.22. The smallest absolute Gasteiger partial charge is 0.296 e. The van der Waals surface area contributed by atoms with Crippen LogP contribution in [0.3, 0.4) is 0 Å². The molecule has 0 aliphatic carbocycles. The van der Waals surface area contributed by atoms with Crippen LogP contribution in [0, 0.1) is 0 Å². The molecule has 0 spiro atoms. The third-order valence-electron chi connectivity index (χ3n) is 3.35. The minimum Gasteiger partial charge on any atom is -0.383 e. The molecule has 8 nitrogen and oxygen atoms in total. The average Bonchev–Trinajstić information content (AvgIpc) is 2.79. The number of nitrogens with zero attached hydrogens (tertiary/aromatic N) is 3. The van der Waals surface area contributed by atoms with Crippen LogP contribution >= 0.6 is 10.7 Å². The Morgan fingerprint density at radius 2 is 2.10 bits per heavy atom. The maximum absolute atomic E-state index is 12.2. The first-order chi connectivity index (χ1) is 9.77. The summed E-state index contributed by atoms with van der Waals surface area (Å²) in [6, 6.07) is 0. The quantitative estimate of drug-likeness (QED) is 0.705. The van der Waals surface area contributed by atoms with Gasteiger partial charge >= 0.3 is 0 Å². The second-order valence-corrected chi connectivity index (χ2v) is 9.54. The van der Waals surface area contributed by atoms with E-state index in [9.17, 15) is 16.8 Å². The lowest BCUT2D eigenvalue weighted by atomic mass is 10.2. The highest BCUT2D eigenvalue weighted by atomic mass is 35.7. The Morgan fingerprint density at radius 3 is 2.67 bits per heavy atom. The van der Waals surface area contributed by atoms with Crippen LogP contribution in [0.25, 0.3) is 0 Å². The number of methoxy groups -OCH3 is 1. The standard InChI is InChI=1S/C10H16ClN3O5S2/c1-19-6-5-14-9(12-13-10(14)21(11,17)18)8-4-2-3-7-20(8,15)16/h8H,2-7H2,1H3. The maximum atomic E-state index is 12.2. The highest BCUT2D eigenvalue weighted by molar-refractivity contribution is 8.13. The van der Waals surface area contributed by atoms with Crippen molar-refractivity contribution in [3.05, 3.63) is 5.82 Å². The zero-order chi connectivity index (χ0) is 15.7. The van der Waals surface area contributed by atoms with E-state index in [2.05, 4.69) is 10.2 Å². The van der Waals surface area contributed by atoms with Crippen LogP contribution in [0.15, 0.2) is 5.16 Å². The molecule has 0 bridgehead atoms. The third kappa shape index (κ3) is 3.55. The van der Waals surface area contributed by atoms with Crippen molar-refractivity contribution >= 4 is 29.6 Å². The lowest BCUT2D eigenvalue weighted by molar-refractivity contribution is 0.183. The fraction of sp³-hybridized carbons (Fsp3) is 0.800. The van der Waals surface area contributed by atoms with Gasteiger partial charge in [0, 0.05) is 17.8 Å². The number of ether oxygens (including phenoxy) is 1. The largest absolute Gasteiger partial charge is 0.383 e. The Labute approximate surface area is 127 Å². The molecule has 1 fully saturated rings. The van der Waals surface area contributed by atoms with Gasteiger partial charge in [0.25, 0.3) is 14.2 Å². The number of hydrogen-bond acceptors (Lipinski definition) is 7. The molecule has 2 rings (SSSR count). The molecule has 21 heavy (non-hydrogen) atoms. The van der Waals surface area contributed by atoms with E-state index in [0.29, 0.717) is 12.8 Å². The van der Waals surface area contributed by atoms with Crippen LogP contribution in [0.4, 0.5) is 0 Å². The van der Waals surface area contributed by atoms with E-state index in [4.69, 9.17) is 15.4 Å². The molecular weight excluding hydrogens is 342 g/mol. The third-order valence-corrected chi connectivity index (χ3v) is 6.67. The predicted octanol–water partition coefficient (Wildman–Crippen LogP) is 0.492. The van der Waals surface area contributed by atoms with Crippen molar-refractivity contribution in [3.63, 3.8) is 0 Å². The van der Waals surface area contributed by atoms with Gasteiger partial charge in [-0.1, -0.05) is 6.42 Å². The van der Waals surface area contributed by atoms with Gasteiger partial charge in [-0.25, -0.2) is 16.8 Å². The Morgan fingerprint density at radius 1 is 1.38 bits per heavy atom. The number of rotatable bonds is 5. The Bertz CT molecular complexity index is 713. The molecule has 0 radical (unpaired) electrons. The molecule has 1 aliphatic rings. The van der Waals surface area contributed by atoms with Gasteiger partial charge < -0.3 is 4.74 Å². The second kappa shape index (κ2) is 6.19. The van der Waals surface area contributed by atoms with Crippen molar-refractivity contribution in [1.29, 1.82) is 0 Å². The highest BCUT2D eigenvalue weighted by Crippen LogP contribution is 2.33. The molecule has 0 amide bonds. The van der Waals surface area contributed by atoms with Crippen LogP contribution in [-0.2, 0) is 30.2 Å². The van der Waals surface area contributed by atoms with Crippen LogP contribution in [0.2, 0.25) is 0 Å². The van der Waals surface area contributed by atoms with E-state index in [1.807, 2.05) is 0 Å². The van der Waals surface area contributed by atoms with Crippen molar-refractivity contribution in [2.75, 3.05) is 19.5 Å². The number of halogens is 1. The van der Waals surface area contributed by atoms with Gasteiger partial charge in [0.1, 0.15) is 5.25 Å². The van der Waals surface area contributed by atoms with E-state index in [-0.39, 0.29) is 24.7 Å². The SMILES string of the molecule is COCCn1c(C2CCCCS2(=O)=O)nnc1S(=O)(=O)Cl. The van der Waals surface area contributed by atoms with Gasteiger partial charge in [-0.3, -0.25) is 4.57 Å². The number of aromatic nitrogens is 3. The van der Waals surface area contributed by atoms with E-state index in [1.54, 1.807) is 0 Å². The van der Waals surface area contributed by atoms with Crippen LogP contribution < -0.4 is 0 Å². The van der Waals surface area contributed by atoms with E-state index < -0.39 is 29.3 Å². The molecule has 1 aromatic heterocycles. The molecule has 1 aliphatic heterocycles. The minimum absolute atomic E-state index is 0.0672. The summed E-state index contributed by atoms with van der Waals surface area (Å²) in [6.07, 6.45) is 1.74. The van der Waals surface area contributed by atoms with Gasteiger partial charge in [-0.15, -0.1) is 10.2 Å². The molecule has 0 saturated carbocycles. The molecule has 120 valence electrons. The van der Waals surface area contributed by atoms with E-state index in [1.165, 1.54) is 11.7 Å². The van der Waals surface area contributed by atoms with Crippen molar-refractivity contribution in [3.8, 4) is 0 Å². The summed E-state index contributed by atoms with van der Waals surface area (Å²) in [4.78, 5) is 0. The van der Waals surface area contributed by atoms with Crippen molar-refractivity contribution in [2.24, 2.45) is 0 Å². The zero-order valence-electron chi connectivity index (χ0n) is 11.4. The summed E-state index contributed by atoms with van der Waals surface area (Å²) in [7, 11) is -0.687. The first-order valence-corrected chi connectivity index (χ1v) is 10.4. The van der Waals surface area contributed by atoms with Gasteiger partial charge in [0.15, 0.2) is 15.7 Å². The molecular formula is C10H16ClN3O5S2. The van der Waals surface area contributed by atoms with E-state index in [0.717, 1.165) is 6.42 Å². The summed E-state index contributed by atoms with van der Waals surface area (Å²) < 4.78 is 53.5. The summed E-state index contributed by atoms with van der Waals surface area (Å²) in [5.41, 5.74) is 0. The highest BCUT2D eigenvalue weighted by Gasteiger charge is 2.36. The second-order valence-electron chi connectivity index (χ2n) is 4.77. The van der Waals surface area contributed by atoms with Gasteiger partial charge in [0.2, 0.25) is 0 Å². The van der Waals surface area contributed by atoms with Crippen LogP contribution in [0.5, 0.6) is 0 Å². The molecule has 1 saturated heterocycles. The zero-order valence-corrected chi connectivity index (χ0v) is 13.8. The minimum atomic E-state index is -4.11. The fourth-order valence-corrected chi connectivity index (χ4v) is 5.20. The van der Waals surface area contributed by atoms with Crippen molar-refractivity contribution in [1.82, 2.24) is 14.8 Å². The van der Waals surface area contributed by atoms with Gasteiger partial charge in [-0.05, 0) is 12.8 Å². The maximum Gasteiger partial charge on any atom is 0.296 e. The molecule has 1 aromatic rings. The first-order valence-electron chi connectivity index (χ1n) is 6.35. The normalized spacial score (nSPS) is 22.3. The topological polar surface area (TPSA) is 108 Å². The van der Waals surface area contributed by atoms with Gasteiger partial charge in [0.05, 0.1) is 18.9 Å². The first kappa shape index (κ1) is 16.7. The van der Waals surface area contributed by atoms with Crippen molar-refractivity contribution in [2.45, 2.75) is 36.2 Å². The summed E-state index contributed by atoms with van der Waals surface area (Å²) in [6.45, 7) is 0.309. The summed E-state index contributed by atoms with van der Waals surface area (Å²) in [5.74, 6) is 0.184. The van der Waals surface area contributed by atoms with Crippen molar-refractivity contribution < 1.29 is 21.6 Å². The van der Waals surface area contributed by atoms with E-state index >= 15 is 0 Å². The summed E-state index contributed by atoms with van der Waals surface area (Å²) >= 11 is 0. The summed E-state index contributed by atoms with van der Waals surface area (Å²) in [5, 5.41) is 6.03. The Kier molecular flexibility index (Phi) is 4.91. The lowest BCUT2D eigenvalue weighted by Crippen LogP contribution is -2.25. The Hall–Kier alpha value is -0.710. The monoisotopic (exact) mass is 357 g/mol. The van der Waals surface area contributed by atoms with Crippen LogP contribution in [0.1, 0.15) is 30.3 Å². The predicted molar refractivity (Wildman–Crippen MR) is 75.3 cm³/mol. The van der Waals surface area contributed by atoms with Gasteiger partial charge in [-0.2, -0.15) is 0 Å². The molecule has 1 atom stereocenters. The number of hydrogen-bond donors (Lipinski definition) is 0. The number of sulfone groups is 1.